The van der Waals surface area contributed by atoms with Crippen molar-refractivity contribution < 1.29 is 18.1 Å². The van der Waals surface area contributed by atoms with Crippen LogP contribution in [0.3, 0.4) is 0 Å². The van der Waals surface area contributed by atoms with Gasteiger partial charge in [-0.2, -0.15) is 0 Å². The van der Waals surface area contributed by atoms with Crippen LogP contribution < -0.4 is 4.74 Å². The Kier molecular flexibility index (Phi) is 3.97. The van der Waals surface area contributed by atoms with Crippen molar-refractivity contribution in [2.75, 3.05) is 7.11 Å². The second-order valence-electron chi connectivity index (χ2n) is 2.66. The van der Waals surface area contributed by atoms with Crippen molar-refractivity contribution in [1.82, 2.24) is 0 Å². The van der Waals surface area contributed by atoms with Gasteiger partial charge < -0.3 is 4.74 Å². The van der Waals surface area contributed by atoms with E-state index in [1.165, 1.54) is 7.11 Å². The lowest BCUT2D eigenvalue weighted by Crippen LogP contribution is -2.00. The smallest absolute Gasteiger partial charge is 0.274 e. The van der Waals surface area contributed by atoms with Crippen LogP contribution in [-0.2, 0) is 9.05 Å². The number of nitro benzene ring substituents is 1. The summed E-state index contributed by atoms with van der Waals surface area (Å²) in [7, 11) is 2.40. The number of nitro groups is 1. The van der Waals surface area contributed by atoms with Gasteiger partial charge in [-0.15, -0.1) is 0 Å². The maximum atomic E-state index is 11.2. The number of rotatable bonds is 3. The zero-order valence-electron chi connectivity index (χ0n) is 7.81. The highest BCUT2D eigenvalue weighted by molar-refractivity contribution is 14.1. The molecule has 0 unspecified atom stereocenters. The summed E-state index contributed by atoms with van der Waals surface area (Å²) >= 11 is 1.70. The maximum absolute atomic E-state index is 11.2. The second-order valence-corrected chi connectivity index (χ2v) is 6.27. The number of hydrogen-bond donors (Lipinski definition) is 0. The van der Waals surface area contributed by atoms with Crippen LogP contribution in [0.25, 0.3) is 0 Å². The number of hydrogen-bond acceptors (Lipinski definition) is 5. The number of ether oxygens (including phenoxy) is 1. The molecule has 1 aromatic rings. The predicted molar refractivity (Wildman–Crippen MR) is 65.4 cm³/mol. The Morgan fingerprint density at radius 1 is 1.50 bits per heavy atom. The molecule has 0 amide bonds. The summed E-state index contributed by atoms with van der Waals surface area (Å²) in [6.45, 7) is 0. The second kappa shape index (κ2) is 4.72. The topological polar surface area (TPSA) is 86.5 Å². The average molecular weight is 378 g/mol. The van der Waals surface area contributed by atoms with Crippen molar-refractivity contribution in [3.05, 3.63) is 25.8 Å². The van der Waals surface area contributed by atoms with E-state index in [1.54, 1.807) is 22.6 Å². The molecule has 0 bridgehead atoms. The van der Waals surface area contributed by atoms with E-state index in [0.29, 0.717) is 0 Å². The molecule has 16 heavy (non-hydrogen) atoms. The summed E-state index contributed by atoms with van der Waals surface area (Å²) < 4.78 is 27.4. The van der Waals surface area contributed by atoms with Crippen LogP contribution >= 0.6 is 33.3 Å². The highest BCUT2D eigenvalue weighted by atomic mass is 127. The van der Waals surface area contributed by atoms with Crippen molar-refractivity contribution in [3.8, 4) is 5.75 Å². The Balaban J connectivity index is 3.61. The molecular weight excluding hydrogens is 373 g/mol. The average Bonchev–Trinajstić information content (AvgIpc) is 2.15. The van der Waals surface area contributed by atoms with Gasteiger partial charge in [0.05, 0.1) is 21.7 Å². The van der Waals surface area contributed by atoms with Gasteiger partial charge in [-0.3, -0.25) is 10.1 Å². The Morgan fingerprint density at radius 3 is 2.44 bits per heavy atom. The van der Waals surface area contributed by atoms with Gasteiger partial charge >= 0.3 is 0 Å². The van der Waals surface area contributed by atoms with Crippen molar-refractivity contribution in [1.29, 1.82) is 0 Å². The summed E-state index contributed by atoms with van der Waals surface area (Å²) in [4.78, 5) is 9.52. The minimum Gasteiger partial charge on any atom is -0.495 e. The maximum Gasteiger partial charge on any atom is 0.274 e. The number of methoxy groups -OCH3 is 1. The van der Waals surface area contributed by atoms with E-state index < -0.39 is 19.7 Å². The first kappa shape index (κ1) is 13.5. The van der Waals surface area contributed by atoms with Gasteiger partial charge in [-0.25, -0.2) is 8.42 Å². The van der Waals surface area contributed by atoms with Crippen LogP contribution in [0.15, 0.2) is 17.0 Å². The van der Waals surface area contributed by atoms with Gasteiger partial charge in [0.2, 0.25) is 0 Å². The molecular formula is C7H5ClINO5S. The summed E-state index contributed by atoms with van der Waals surface area (Å²) in [6.07, 6.45) is 0. The molecule has 0 fully saturated rings. The number of non-ortho nitro benzene ring substituents is 1. The molecule has 0 saturated carbocycles. The molecule has 88 valence electrons. The third kappa shape index (κ3) is 2.74. The SMILES string of the molecule is COc1cc([N+](=O)[O-])cc(S(=O)(=O)Cl)c1I. The standard InChI is InChI=1S/C7H5ClINO5S/c1-15-5-2-4(10(11)12)3-6(7(5)9)16(8,13)14/h2-3H,1H3. The van der Waals surface area contributed by atoms with E-state index >= 15 is 0 Å². The van der Waals surface area contributed by atoms with Crippen molar-refractivity contribution in [2.45, 2.75) is 4.90 Å². The fraction of sp³-hybridized carbons (Fsp3) is 0.143. The van der Waals surface area contributed by atoms with E-state index in [2.05, 4.69) is 0 Å². The van der Waals surface area contributed by atoms with E-state index in [0.717, 1.165) is 12.1 Å². The first-order valence-corrected chi connectivity index (χ1v) is 7.12. The lowest BCUT2D eigenvalue weighted by Gasteiger charge is -2.06. The quantitative estimate of drug-likeness (QED) is 0.349. The summed E-state index contributed by atoms with van der Waals surface area (Å²) in [5, 5.41) is 10.6. The zero-order chi connectivity index (χ0) is 12.5. The molecule has 1 aromatic carbocycles. The molecule has 1 rings (SSSR count). The Hall–Kier alpha value is -0.610. The molecule has 6 nitrogen and oxygen atoms in total. The Morgan fingerprint density at radius 2 is 2.06 bits per heavy atom. The molecule has 0 heterocycles. The largest absolute Gasteiger partial charge is 0.495 e. The molecule has 0 radical (unpaired) electrons. The van der Waals surface area contributed by atoms with Gasteiger partial charge in [0, 0.05) is 16.7 Å². The fourth-order valence-electron chi connectivity index (χ4n) is 0.990. The molecule has 0 saturated heterocycles. The van der Waals surface area contributed by atoms with Crippen molar-refractivity contribution >= 4 is 48.0 Å². The van der Waals surface area contributed by atoms with Crippen LogP contribution in [0.1, 0.15) is 0 Å². The third-order valence-electron chi connectivity index (χ3n) is 1.68. The monoisotopic (exact) mass is 377 g/mol. The normalized spacial score (nSPS) is 11.2. The Bertz CT molecular complexity index is 544. The zero-order valence-corrected chi connectivity index (χ0v) is 11.5. The number of benzene rings is 1. The first-order valence-electron chi connectivity index (χ1n) is 3.74. The van der Waals surface area contributed by atoms with Gasteiger partial charge in [0.25, 0.3) is 14.7 Å². The van der Waals surface area contributed by atoms with Crippen LogP contribution in [0.5, 0.6) is 5.75 Å². The van der Waals surface area contributed by atoms with Gasteiger partial charge in [0.1, 0.15) is 10.6 Å². The molecule has 9 heteroatoms. The molecule has 0 spiro atoms. The van der Waals surface area contributed by atoms with Crippen LogP contribution in [0, 0.1) is 13.7 Å². The van der Waals surface area contributed by atoms with Gasteiger partial charge in [-0.05, 0) is 22.6 Å². The summed E-state index contributed by atoms with van der Waals surface area (Å²) in [6, 6.07) is 2.03. The van der Waals surface area contributed by atoms with E-state index in [-0.39, 0.29) is 14.2 Å². The van der Waals surface area contributed by atoms with Crippen LogP contribution in [0.4, 0.5) is 5.69 Å². The molecule has 0 aliphatic heterocycles. The predicted octanol–water partition coefficient (Wildman–Crippen LogP) is 2.14. The molecule has 0 N–H and O–H groups in total. The third-order valence-corrected chi connectivity index (χ3v) is 4.51. The van der Waals surface area contributed by atoms with Crippen LogP contribution in [0.2, 0.25) is 0 Å². The van der Waals surface area contributed by atoms with E-state index in [4.69, 9.17) is 15.4 Å². The van der Waals surface area contributed by atoms with E-state index in [9.17, 15) is 18.5 Å². The lowest BCUT2D eigenvalue weighted by molar-refractivity contribution is -0.385. The van der Waals surface area contributed by atoms with Gasteiger partial charge in [-0.1, -0.05) is 0 Å². The summed E-state index contributed by atoms with van der Waals surface area (Å²) in [5.74, 6) is 0.0917. The number of nitrogens with zero attached hydrogens (tertiary/aromatic N) is 1. The molecule has 0 aromatic heterocycles. The fourth-order valence-corrected chi connectivity index (χ4v) is 3.72. The summed E-state index contributed by atoms with van der Waals surface area (Å²) in [5.41, 5.74) is -0.392. The molecule has 0 aliphatic rings. The van der Waals surface area contributed by atoms with E-state index in [1.807, 2.05) is 0 Å². The minimum atomic E-state index is -4.04. The lowest BCUT2D eigenvalue weighted by atomic mass is 10.3. The van der Waals surface area contributed by atoms with Gasteiger partial charge in [0.15, 0.2) is 0 Å². The Labute approximate surface area is 109 Å². The number of halogens is 2. The molecule has 0 atom stereocenters. The van der Waals surface area contributed by atoms with Crippen molar-refractivity contribution in [2.24, 2.45) is 0 Å². The first-order chi connectivity index (χ1) is 7.27. The highest BCUT2D eigenvalue weighted by Crippen LogP contribution is 2.34. The molecule has 0 aliphatic carbocycles. The minimum absolute atomic E-state index is 0.0917. The highest BCUT2D eigenvalue weighted by Gasteiger charge is 2.23. The van der Waals surface area contributed by atoms with Crippen molar-refractivity contribution in [3.63, 3.8) is 0 Å². The van der Waals surface area contributed by atoms with Crippen LogP contribution in [-0.4, -0.2) is 20.5 Å².